The SMILES string of the molecule is C#CC=CN(c1cccc2c1OCO2)c1c(C#N)cnc2cc(OC)cc(OC3CCN(C)CC3)c12. The Hall–Kier alpha value is -4.40. The van der Waals surface area contributed by atoms with Gasteiger partial charge in [-0.05, 0) is 32.0 Å². The second-order valence-corrected chi connectivity index (χ2v) is 8.64. The summed E-state index contributed by atoms with van der Waals surface area (Å²) in [5.41, 5.74) is 2.26. The van der Waals surface area contributed by atoms with E-state index >= 15 is 0 Å². The van der Waals surface area contributed by atoms with E-state index < -0.39 is 0 Å². The zero-order valence-corrected chi connectivity index (χ0v) is 20.2. The summed E-state index contributed by atoms with van der Waals surface area (Å²) >= 11 is 0. The molecule has 0 saturated carbocycles. The van der Waals surface area contributed by atoms with Crippen LogP contribution in [0.2, 0.25) is 0 Å². The fraction of sp³-hybridized carbons (Fsp3) is 0.286. The van der Waals surface area contributed by atoms with Crippen LogP contribution in [-0.4, -0.2) is 50.0 Å². The Bertz CT molecular complexity index is 1400. The van der Waals surface area contributed by atoms with Crippen molar-refractivity contribution in [3.8, 4) is 41.4 Å². The van der Waals surface area contributed by atoms with Crippen LogP contribution in [0.3, 0.4) is 0 Å². The Morgan fingerprint density at radius 1 is 1.25 bits per heavy atom. The Morgan fingerprint density at radius 3 is 2.83 bits per heavy atom. The lowest BCUT2D eigenvalue weighted by atomic mass is 10.0. The molecule has 0 radical (unpaired) electrons. The fourth-order valence-corrected chi connectivity index (χ4v) is 4.57. The van der Waals surface area contributed by atoms with Crippen molar-refractivity contribution < 1.29 is 18.9 Å². The molecular formula is C28H26N4O4. The molecular weight excluding hydrogens is 456 g/mol. The molecule has 1 fully saturated rings. The zero-order chi connectivity index (χ0) is 25.1. The van der Waals surface area contributed by atoms with Crippen LogP contribution < -0.4 is 23.8 Å². The molecule has 0 unspecified atom stereocenters. The van der Waals surface area contributed by atoms with Crippen LogP contribution in [0.25, 0.3) is 10.9 Å². The molecule has 36 heavy (non-hydrogen) atoms. The number of para-hydroxylation sites is 1. The summed E-state index contributed by atoms with van der Waals surface area (Å²) in [5.74, 6) is 4.95. The summed E-state index contributed by atoms with van der Waals surface area (Å²) in [4.78, 5) is 8.70. The maximum atomic E-state index is 10.1. The van der Waals surface area contributed by atoms with Gasteiger partial charge >= 0.3 is 0 Å². The standard InChI is InChI=1S/C28H26N4O4/c1-4-5-11-32(23-7-6-8-24-28(23)35-18-34-24)27-19(16-29)17-30-22-14-21(33-3)15-25(26(22)27)36-20-9-12-31(2)13-10-20/h1,5-8,11,14-15,17,20H,9-10,12-13,18H2,2-3H3. The van der Waals surface area contributed by atoms with Gasteiger partial charge in [0.15, 0.2) is 11.5 Å². The third-order valence-corrected chi connectivity index (χ3v) is 6.39. The van der Waals surface area contributed by atoms with E-state index in [1.807, 2.05) is 35.2 Å². The monoisotopic (exact) mass is 482 g/mol. The van der Waals surface area contributed by atoms with Crippen molar-refractivity contribution in [2.45, 2.75) is 18.9 Å². The van der Waals surface area contributed by atoms with Gasteiger partial charge in [-0.2, -0.15) is 5.26 Å². The van der Waals surface area contributed by atoms with Crippen molar-refractivity contribution in [1.29, 1.82) is 5.26 Å². The number of nitriles is 1. The second kappa shape index (κ2) is 10.1. The number of hydrogen-bond acceptors (Lipinski definition) is 8. The summed E-state index contributed by atoms with van der Waals surface area (Å²) in [7, 11) is 3.72. The summed E-state index contributed by atoms with van der Waals surface area (Å²) < 4.78 is 23.5. The van der Waals surface area contributed by atoms with Crippen molar-refractivity contribution in [2.75, 3.05) is 38.9 Å². The van der Waals surface area contributed by atoms with Gasteiger partial charge in [0, 0.05) is 43.7 Å². The topological polar surface area (TPSA) is 80.1 Å². The molecule has 0 amide bonds. The van der Waals surface area contributed by atoms with Crippen molar-refractivity contribution in [3.05, 3.63) is 54.4 Å². The van der Waals surface area contributed by atoms with Gasteiger partial charge in [0.2, 0.25) is 6.79 Å². The fourth-order valence-electron chi connectivity index (χ4n) is 4.57. The van der Waals surface area contributed by atoms with Gasteiger partial charge in [0.1, 0.15) is 23.7 Å². The molecule has 2 aliphatic heterocycles. The molecule has 182 valence electrons. The lowest BCUT2D eigenvalue weighted by molar-refractivity contribution is 0.115. The van der Waals surface area contributed by atoms with Crippen molar-refractivity contribution >= 4 is 22.3 Å². The maximum absolute atomic E-state index is 10.1. The van der Waals surface area contributed by atoms with E-state index in [9.17, 15) is 5.26 Å². The van der Waals surface area contributed by atoms with Crippen LogP contribution in [0.15, 0.2) is 48.8 Å². The number of anilines is 2. The number of aromatic nitrogens is 1. The number of benzene rings is 2. The molecule has 5 rings (SSSR count). The molecule has 2 aliphatic rings. The highest BCUT2D eigenvalue weighted by Gasteiger charge is 2.27. The summed E-state index contributed by atoms with van der Waals surface area (Å²) in [6.07, 6.45) is 12.3. The molecule has 2 aromatic carbocycles. The highest BCUT2D eigenvalue weighted by atomic mass is 16.7. The highest BCUT2D eigenvalue weighted by molar-refractivity contribution is 6.02. The van der Waals surface area contributed by atoms with Gasteiger partial charge in [0.25, 0.3) is 0 Å². The number of allylic oxidation sites excluding steroid dienone is 1. The van der Waals surface area contributed by atoms with Gasteiger partial charge < -0.3 is 28.7 Å². The van der Waals surface area contributed by atoms with Crippen LogP contribution in [0.1, 0.15) is 18.4 Å². The van der Waals surface area contributed by atoms with Gasteiger partial charge in [-0.1, -0.05) is 12.0 Å². The number of pyridine rings is 1. The average Bonchev–Trinajstić information content (AvgIpc) is 3.39. The third-order valence-electron chi connectivity index (χ3n) is 6.39. The Labute approximate surface area is 210 Å². The number of fused-ring (bicyclic) bond motifs is 2. The molecule has 0 aliphatic carbocycles. The number of terminal acetylenes is 1. The van der Waals surface area contributed by atoms with E-state index in [4.69, 9.17) is 25.4 Å². The Morgan fingerprint density at radius 2 is 2.08 bits per heavy atom. The van der Waals surface area contributed by atoms with E-state index in [1.54, 1.807) is 25.6 Å². The third kappa shape index (κ3) is 4.35. The largest absolute Gasteiger partial charge is 0.497 e. The zero-order valence-electron chi connectivity index (χ0n) is 20.2. The molecule has 3 heterocycles. The Balaban J connectivity index is 1.74. The molecule has 0 N–H and O–H groups in total. The smallest absolute Gasteiger partial charge is 0.231 e. The minimum atomic E-state index is 0.0301. The maximum Gasteiger partial charge on any atom is 0.231 e. The molecule has 1 saturated heterocycles. The van der Waals surface area contributed by atoms with E-state index in [-0.39, 0.29) is 12.9 Å². The lowest BCUT2D eigenvalue weighted by Gasteiger charge is -2.30. The van der Waals surface area contributed by atoms with Gasteiger partial charge in [-0.25, -0.2) is 0 Å². The number of nitrogens with zero attached hydrogens (tertiary/aromatic N) is 4. The van der Waals surface area contributed by atoms with Gasteiger partial charge in [-0.3, -0.25) is 4.98 Å². The normalized spacial score (nSPS) is 15.6. The van der Waals surface area contributed by atoms with Crippen molar-refractivity contribution in [2.24, 2.45) is 0 Å². The predicted octanol–water partition coefficient (Wildman–Crippen LogP) is 4.60. The van der Waals surface area contributed by atoms with E-state index in [2.05, 4.69) is 28.9 Å². The molecule has 8 nitrogen and oxygen atoms in total. The minimum Gasteiger partial charge on any atom is -0.497 e. The van der Waals surface area contributed by atoms with Crippen LogP contribution >= 0.6 is 0 Å². The van der Waals surface area contributed by atoms with Crippen LogP contribution in [0, 0.1) is 23.7 Å². The Kier molecular flexibility index (Phi) is 6.53. The first kappa shape index (κ1) is 23.3. The average molecular weight is 483 g/mol. The van der Waals surface area contributed by atoms with E-state index in [1.165, 1.54) is 0 Å². The van der Waals surface area contributed by atoms with Gasteiger partial charge in [-0.15, -0.1) is 6.42 Å². The van der Waals surface area contributed by atoms with Crippen LogP contribution in [0.4, 0.5) is 11.4 Å². The highest BCUT2D eigenvalue weighted by Crippen LogP contribution is 2.48. The second-order valence-electron chi connectivity index (χ2n) is 8.64. The molecule has 3 aromatic rings. The molecule has 1 aromatic heterocycles. The summed E-state index contributed by atoms with van der Waals surface area (Å²) in [6.45, 7) is 2.01. The minimum absolute atomic E-state index is 0.0301. The molecule has 8 heteroatoms. The number of rotatable bonds is 6. The van der Waals surface area contributed by atoms with Crippen LogP contribution in [-0.2, 0) is 0 Å². The first-order valence-electron chi connectivity index (χ1n) is 11.7. The predicted molar refractivity (Wildman–Crippen MR) is 137 cm³/mol. The van der Waals surface area contributed by atoms with Crippen LogP contribution in [0.5, 0.6) is 23.0 Å². The van der Waals surface area contributed by atoms with E-state index in [0.717, 1.165) is 25.9 Å². The number of likely N-dealkylation sites (tertiary alicyclic amines) is 1. The lowest BCUT2D eigenvalue weighted by Crippen LogP contribution is -2.35. The van der Waals surface area contributed by atoms with E-state index in [0.29, 0.717) is 50.8 Å². The summed E-state index contributed by atoms with van der Waals surface area (Å²) in [6, 6.07) is 11.6. The number of ether oxygens (including phenoxy) is 4. The molecule has 0 spiro atoms. The van der Waals surface area contributed by atoms with Crippen molar-refractivity contribution in [3.63, 3.8) is 0 Å². The molecule has 0 bridgehead atoms. The first-order chi connectivity index (χ1) is 17.6. The quantitative estimate of drug-likeness (QED) is 0.472. The summed E-state index contributed by atoms with van der Waals surface area (Å²) in [5, 5.41) is 10.8. The number of methoxy groups -OCH3 is 1. The first-order valence-corrected chi connectivity index (χ1v) is 11.7. The van der Waals surface area contributed by atoms with Gasteiger partial charge in [0.05, 0.1) is 35.0 Å². The van der Waals surface area contributed by atoms with Crippen molar-refractivity contribution in [1.82, 2.24) is 9.88 Å². The number of hydrogen-bond donors (Lipinski definition) is 0. The molecule has 0 atom stereocenters. The number of piperidine rings is 1.